The Balaban J connectivity index is 2.71. The Bertz CT molecular complexity index is 342. The van der Waals surface area contributed by atoms with Crippen molar-refractivity contribution in [1.29, 1.82) is 0 Å². The first-order valence-electron chi connectivity index (χ1n) is 4.20. The maximum Gasteiger partial charge on any atom is 0.337 e. The van der Waals surface area contributed by atoms with Crippen LogP contribution in [0, 0.1) is 0 Å². The number of rotatable bonds is 4. The topological polar surface area (TPSA) is 79.4 Å². The molecule has 0 spiro atoms. The van der Waals surface area contributed by atoms with Gasteiger partial charge in [-0.25, -0.2) is 4.79 Å². The molecule has 0 saturated heterocycles. The van der Waals surface area contributed by atoms with Crippen molar-refractivity contribution in [3.63, 3.8) is 0 Å². The first kappa shape index (κ1) is 10.3. The van der Waals surface area contributed by atoms with Gasteiger partial charge in [-0.1, -0.05) is 0 Å². The fraction of sp³-hybridized carbons (Fsp3) is 0.333. The lowest BCUT2D eigenvalue weighted by atomic mass is 10.2. The number of aromatic amines is 1. The number of H-pyrrole nitrogens is 1. The molecule has 2 N–H and O–H groups in total. The van der Waals surface area contributed by atoms with E-state index in [9.17, 15) is 9.59 Å². The van der Waals surface area contributed by atoms with Gasteiger partial charge < -0.3 is 14.8 Å². The van der Waals surface area contributed by atoms with E-state index >= 15 is 0 Å². The SMILES string of the molecule is CCOC(=O)Cc1[nH]ccc1C(=O)O. The number of ether oxygens (including phenoxy) is 1. The Morgan fingerprint density at radius 1 is 1.57 bits per heavy atom. The largest absolute Gasteiger partial charge is 0.478 e. The second-order valence-electron chi connectivity index (χ2n) is 2.66. The van der Waals surface area contributed by atoms with Crippen molar-refractivity contribution in [3.05, 3.63) is 23.5 Å². The van der Waals surface area contributed by atoms with Gasteiger partial charge in [-0.3, -0.25) is 4.79 Å². The lowest BCUT2D eigenvalue weighted by molar-refractivity contribution is -0.142. The number of hydrogen-bond acceptors (Lipinski definition) is 3. The molecule has 0 aromatic carbocycles. The van der Waals surface area contributed by atoms with Gasteiger partial charge in [0.05, 0.1) is 18.6 Å². The standard InChI is InChI=1S/C9H11NO4/c1-2-14-8(11)5-7-6(9(12)13)3-4-10-7/h3-4,10H,2,5H2,1H3,(H,12,13). The third-order valence-electron chi connectivity index (χ3n) is 1.69. The van der Waals surface area contributed by atoms with Crippen molar-refractivity contribution in [3.8, 4) is 0 Å². The van der Waals surface area contributed by atoms with Gasteiger partial charge in [0.2, 0.25) is 0 Å². The molecule has 1 aromatic heterocycles. The number of nitrogens with one attached hydrogen (secondary N) is 1. The van der Waals surface area contributed by atoms with E-state index in [4.69, 9.17) is 9.84 Å². The molecule has 1 heterocycles. The van der Waals surface area contributed by atoms with Crippen LogP contribution >= 0.6 is 0 Å². The van der Waals surface area contributed by atoms with E-state index in [0.717, 1.165) is 0 Å². The Hall–Kier alpha value is -1.78. The molecular formula is C9H11NO4. The summed E-state index contributed by atoms with van der Waals surface area (Å²) in [6, 6.07) is 1.41. The van der Waals surface area contributed by atoms with Gasteiger partial charge >= 0.3 is 11.9 Å². The Labute approximate surface area is 80.7 Å². The summed E-state index contributed by atoms with van der Waals surface area (Å²) in [7, 11) is 0. The van der Waals surface area contributed by atoms with Gasteiger partial charge in [-0.05, 0) is 13.0 Å². The first-order chi connectivity index (χ1) is 6.65. The predicted octanol–water partition coefficient (Wildman–Crippen LogP) is 0.819. The summed E-state index contributed by atoms with van der Waals surface area (Å²) in [4.78, 5) is 24.4. The van der Waals surface area contributed by atoms with Gasteiger partial charge in [0.25, 0.3) is 0 Å². The van der Waals surface area contributed by atoms with Crippen LogP contribution in [0.15, 0.2) is 12.3 Å². The Morgan fingerprint density at radius 2 is 2.29 bits per heavy atom. The van der Waals surface area contributed by atoms with E-state index in [1.807, 2.05) is 0 Å². The molecular weight excluding hydrogens is 186 g/mol. The first-order valence-corrected chi connectivity index (χ1v) is 4.20. The van der Waals surface area contributed by atoms with Crippen LogP contribution in [0.2, 0.25) is 0 Å². The molecule has 0 fully saturated rings. The van der Waals surface area contributed by atoms with E-state index < -0.39 is 11.9 Å². The van der Waals surface area contributed by atoms with Crippen molar-refractivity contribution in [1.82, 2.24) is 4.98 Å². The summed E-state index contributed by atoms with van der Waals surface area (Å²) < 4.78 is 4.70. The minimum atomic E-state index is -1.05. The van der Waals surface area contributed by atoms with Gasteiger partial charge in [0.15, 0.2) is 0 Å². The highest BCUT2D eigenvalue weighted by molar-refractivity contribution is 5.90. The van der Waals surface area contributed by atoms with Crippen LogP contribution in [0.3, 0.4) is 0 Å². The number of aromatic carboxylic acids is 1. The number of carbonyl (C=O) groups is 2. The molecule has 1 aromatic rings. The van der Waals surface area contributed by atoms with Crippen molar-refractivity contribution in [2.45, 2.75) is 13.3 Å². The molecule has 14 heavy (non-hydrogen) atoms. The molecule has 0 amide bonds. The summed E-state index contributed by atoms with van der Waals surface area (Å²) in [5, 5.41) is 8.73. The fourth-order valence-electron chi connectivity index (χ4n) is 1.11. The molecule has 5 nitrogen and oxygen atoms in total. The molecule has 5 heteroatoms. The van der Waals surface area contributed by atoms with Crippen molar-refractivity contribution < 1.29 is 19.4 Å². The monoisotopic (exact) mass is 197 g/mol. The van der Waals surface area contributed by atoms with Crippen LogP contribution in [0.5, 0.6) is 0 Å². The summed E-state index contributed by atoms with van der Waals surface area (Å²) in [5.74, 6) is -1.48. The number of hydrogen-bond donors (Lipinski definition) is 2. The van der Waals surface area contributed by atoms with E-state index in [1.165, 1.54) is 12.3 Å². The minimum absolute atomic E-state index is 0.0392. The van der Waals surface area contributed by atoms with Crippen LogP contribution in [0.1, 0.15) is 23.0 Å². The van der Waals surface area contributed by atoms with E-state index in [0.29, 0.717) is 12.3 Å². The number of carbonyl (C=O) groups excluding carboxylic acids is 1. The van der Waals surface area contributed by atoms with Gasteiger partial charge in [0.1, 0.15) is 0 Å². The average molecular weight is 197 g/mol. The molecule has 0 bridgehead atoms. The highest BCUT2D eigenvalue weighted by Gasteiger charge is 2.14. The molecule has 1 rings (SSSR count). The van der Waals surface area contributed by atoms with Crippen molar-refractivity contribution in [2.24, 2.45) is 0 Å². The fourth-order valence-corrected chi connectivity index (χ4v) is 1.11. The summed E-state index contributed by atoms with van der Waals surface area (Å²) in [6.45, 7) is 1.99. The third kappa shape index (κ3) is 2.35. The van der Waals surface area contributed by atoms with Crippen LogP contribution in [0.25, 0.3) is 0 Å². The zero-order chi connectivity index (χ0) is 10.6. The van der Waals surface area contributed by atoms with Crippen molar-refractivity contribution in [2.75, 3.05) is 6.61 Å². The molecule has 0 saturated carbocycles. The quantitative estimate of drug-likeness (QED) is 0.700. The summed E-state index contributed by atoms with van der Waals surface area (Å²) >= 11 is 0. The van der Waals surface area contributed by atoms with Crippen molar-refractivity contribution >= 4 is 11.9 Å². The smallest absolute Gasteiger partial charge is 0.337 e. The number of esters is 1. The van der Waals surface area contributed by atoms with Crippen LogP contribution in [-0.4, -0.2) is 28.6 Å². The molecule has 0 atom stereocenters. The maximum atomic E-state index is 11.1. The van der Waals surface area contributed by atoms with E-state index in [1.54, 1.807) is 6.92 Å². The van der Waals surface area contributed by atoms with Gasteiger partial charge in [0, 0.05) is 11.9 Å². The minimum Gasteiger partial charge on any atom is -0.478 e. The second kappa shape index (κ2) is 4.45. The van der Waals surface area contributed by atoms with Crippen LogP contribution < -0.4 is 0 Å². The molecule has 0 unspecified atom stereocenters. The molecule has 0 aliphatic carbocycles. The molecule has 0 aliphatic heterocycles. The number of carboxylic acids is 1. The zero-order valence-electron chi connectivity index (χ0n) is 7.74. The predicted molar refractivity (Wildman–Crippen MR) is 48.1 cm³/mol. The Kier molecular flexibility index (Phi) is 3.28. The highest BCUT2D eigenvalue weighted by atomic mass is 16.5. The molecule has 0 aliphatic rings. The number of carboxylic acid groups (broad SMARTS) is 1. The highest BCUT2D eigenvalue weighted by Crippen LogP contribution is 2.07. The van der Waals surface area contributed by atoms with E-state index in [2.05, 4.69) is 4.98 Å². The normalized spacial score (nSPS) is 9.79. The average Bonchev–Trinajstić information content (AvgIpc) is 2.52. The second-order valence-corrected chi connectivity index (χ2v) is 2.66. The lowest BCUT2D eigenvalue weighted by Gasteiger charge is -2.00. The molecule has 0 radical (unpaired) electrons. The summed E-state index contributed by atoms with van der Waals surface area (Å²) in [5.41, 5.74) is 0.481. The van der Waals surface area contributed by atoms with E-state index in [-0.39, 0.29) is 12.0 Å². The lowest BCUT2D eigenvalue weighted by Crippen LogP contribution is -2.10. The summed E-state index contributed by atoms with van der Waals surface area (Å²) in [6.07, 6.45) is 1.44. The Morgan fingerprint density at radius 3 is 2.86 bits per heavy atom. The van der Waals surface area contributed by atoms with Gasteiger partial charge in [-0.15, -0.1) is 0 Å². The van der Waals surface area contributed by atoms with Crippen LogP contribution in [-0.2, 0) is 16.0 Å². The zero-order valence-corrected chi connectivity index (χ0v) is 7.74. The van der Waals surface area contributed by atoms with Gasteiger partial charge in [-0.2, -0.15) is 0 Å². The molecule has 76 valence electrons. The van der Waals surface area contributed by atoms with Crippen LogP contribution in [0.4, 0.5) is 0 Å². The number of aromatic nitrogens is 1. The maximum absolute atomic E-state index is 11.1. The third-order valence-corrected chi connectivity index (χ3v) is 1.69.